The van der Waals surface area contributed by atoms with E-state index in [0.717, 1.165) is 11.9 Å². The molecular formula is C60H92O28. The number of ether oxygens (including phenoxy) is 10. The molecule has 4 heterocycles. The Morgan fingerprint density at radius 2 is 1.26 bits per heavy atom. The number of rotatable bonds is 16. The minimum atomic E-state index is -2.32. The van der Waals surface area contributed by atoms with Gasteiger partial charge >= 0.3 is 17.9 Å². The second-order valence-electron chi connectivity index (χ2n) is 27.8. The molecule has 0 aromatic rings. The van der Waals surface area contributed by atoms with Crippen LogP contribution in [0.5, 0.6) is 0 Å². The zero-order valence-electron chi connectivity index (χ0n) is 51.0. The van der Waals surface area contributed by atoms with E-state index in [-0.39, 0.29) is 25.4 Å². The Labute approximate surface area is 509 Å². The molecule has 28 heteroatoms. The number of hydrogen-bond donors (Lipinski definition) is 14. The Balaban J connectivity index is 1.05. The zero-order valence-corrected chi connectivity index (χ0v) is 51.0. The van der Waals surface area contributed by atoms with Crippen LogP contribution < -0.4 is 0 Å². The molecule has 8 fully saturated rings. The molecule has 28 nitrogen and oxygen atoms in total. The summed E-state index contributed by atoms with van der Waals surface area (Å²) in [6.07, 6.45) is -35.7. The summed E-state index contributed by atoms with van der Waals surface area (Å²) >= 11 is 0. The third-order valence-corrected chi connectivity index (χ3v) is 22.6. The Morgan fingerprint density at radius 1 is 0.670 bits per heavy atom. The van der Waals surface area contributed by atoms with Gasteiger partial charge in [-0.25, -0.2) is 9.59 Å². The largest absolute Gasteiger partial charge is 0.479 e. The van der Waals surface area contributed by atoms with Crippen LogP contribution in [0.1, 0.15) is 107 Å². The van der Waals surface area contributed by atoms with Crippen LogP contribution in [0.3, 0.4) is 0 Å². The van der Waals surface area contributed by atoms with Crippen molar-refractivity contribution in [3.63, 3.8) is 0 Å². The first-order valence-corrected chi connectivity index (χ1v) is 30.4. The first-order chi connectivity index (χ1) is 41.2. The van der Waals surface area contributed by atoms with Crippen molar-refractivity contribution in [1.29, 1.82) is 0 Å². The molecule has 14 N–H and O–H groups in total. The van der Waals surface area contributed by atoms with Crippen molar-refractivity contribution in [2.45, 2.75) is 248 Å². The quantitative estimate of drug-likeness (QED) is 0.0247. The maximum absolute atomic E-state index is 14.2. The van der Waals surface area contributed by atoms with Gasteiger partial charge in [-0.3, -0.25) is 4.79 Å². The van der Waals surface area contributed by atoms with Gasteiger partial charge in [-0.1, -0.05) is 59.3 Å². The fourth-order valence-corrected chi connectivity index (χ4v) is 17.2. The fourth-order valence-electron chi connectivity index (χ4n) is 17.2. The summed E-state index contributed by atoms with van der Waals surface area (Å²) in [6.45, 7) is 13.6. The standard InChI is InChI=1S/C60H92O28/c1-10-24(2)50(78)88-48-47(75)60(23-80-25(3)64)27(17-55(48,4)5)26-11-12-32-56(6)15-14-34(57(7,22-63)31(56)13-16-58(32,8)59(26,9)18-33(60)66)83-54-46(87-52-41(73)39(71)37(69)30(20-62)82-52)43(42(74)44(85-54)49(76)77)84-53-45(35(67)28(65)21-79-53)86-51-40(72)38(70)36(68)29(19-61)81-51/h10-11,22,27-48,51-54,61-62,65-75H,12-21,23H2,1-9H3,(H,76,77)/b24-10-/t27?,28-,29+,30+,31?,32?,33+,34-,35-,36+,37-,38-,39-,40+,41+,42-,43-,44-,45+,46+,47-,48-,51-,52-,53-,54+,56-,57?,58+,59+,60-/m0/s1. The van der Waals surface area contributed by atoms with E-state index >= 15 is 0 Å². The molecule has 9 aliphatic rings. The minimum absolute atomic E-state index is 0.0926. The maximum Gasteiger partial charge on any atom is 0.335 e. The van der Waals surface area contributed by atoms with E-state index in [0.29, 0.717) is 37.7 Å². The number of carbonyl (C=O) groups excluding carboxylic acids is 3. The van der Waals surface area contributed by atoms with Crippen LogP contribution >= 0.6 is 0 Å². The molecule has 0 amide bonds. The van der Waals surface area contributed by atoms with E-state index in [1.165, 1.54) is 6.92 Å². The predicted molar refractivity (Wildman–Crippen MR) is 295 cm³/mol. The van der Waals surface area contributed by atoms with E-state index in [2.05, 4.69) is 26.8 Å². The van der Waals surface area contributed by atoms with Crippen LogP contribution in [0.15, 0.2) is 23.3 Å². The smallest absolute Gasteiger partial charge is 0.335 e. The lowest BCUT2D eigenvalue weighted by atomic mass is 9.33. The average Bonchev–Trinajstić information content (AvgIpc) is 0.673. The van der Waals surface area contributed by atoms with Crippen molar-refractivity contribution in [3.05, 3.63) is 23.3 Å². The minimum Gasteiger partial charge on any atom is -0.479 e. The fraction of sp³-hybridized carbons (Fsp3) is 0.867. The first kappa shape index (κ1) is 69.1. The molecule has 0 bridgehead atoms. The second kappa shape index (κ2) is 25.6. The molecule has 4 unspecified atom stereocenters. The van der Waals surface area contributed by atoms with Crippen LogP contribution in [0, 0.1) is 50.2 Å². The highest BCUT2D eigenvalue weighted by Gasteiger charge is 2.74. The second-order valence-corrected chi connectivity index (χ2v) is 27.8. The summed E-state index contributed by atoms with van der Waals surface area (Å²) in [5.41, 5.74) is -4.52. The summed E-state index contributed by atoms with van der Waals surface area (Å²) in [4.78, 5) is 53.4. The summed E-state index contributed by atoms with van der Waals surface area (Å²) in [5.74, 6) is -4.25. The van der Waals surface area contributed by atoms with Gasteiger partial charge in [-0.2, -0.15) is 0 Å². The lowest BCUT2D eigenvalue weighted by Crippen LogP contribution is -2.72. The predicted octanol–water partition coefficient (Wildman–Crippen LogP) is -2.65. The summed E-state index contributed by atoms with van der Waals surface area (Å²) in [6, 6.07) is 0. The number of aliphatic hydroxyl groups excluding tert-OH is 13. The van der Waals surface area contributed by atoms with Crippen molar-refractivity contribution in [3.8, 4) is 0 Å². The Kier molecular flexibility index (Phi) is 20.1. The monoisotopic (exact) mass is 1260 g/mol. The highest BCUT2D eigenvalue weighted by atomic mass is 16.8. The summed E-state index contributed by atoms with van der Waals surface area (Å²) < 4.78 is 60.1. The number of aliphatic hydroxyl groups is 13. The number of carboxylic acid groups (broad SMARTS) is 1. The number of fused-ring (bicyclic) bond motifs is 7. The lowest BCUT2D eigenvalue weighted by molar-refractivity contribution is -0.400. The van der Waals surface area contributed by atoms with Crippen LogP contribution in [-0.4, -0.2) is 263 Å². The number of hydrogen-bond acceptors (Lipinski definition) is 27. The number of allylic oxidation sites excluding steroid dienone is 3. The van der Waals surface area contributed by atoms with Crippen LogP contribution in [0.25, 0.3) is 0 Å². The van der Waals surface area contributed by atoms with Crippen molar-refractivity contribution < 1.29 is 138 Å². The average molecular weight is 1260 g/mol. The van der Waals surface area contributed by atoms with E-state index in [9.17, 15) is 90.7 Å². The molecule has 0 spiro atoms. The number of esters is 2. The van der Waals surface area contributed by atoms with E-state index in [1.807, 2.05) is 13.8 Å². The Bertz CT molecular complexity index is 2600. The van der Waals surface area contributed by atoms with Gasteiger partial charge in [0.1, 0.15) is 111 Å². The van der Waals surface area contributed by atoms with E-state index in [1.54, 1.807) is 26.8 Å². The molecule has 0 aromatic heterocycles. The molecule has 9 rings (SSSR count). The molecule has 4 saturated carbocycles. The molecule has 0 radical (unpaired) electrons. The maximum atomic E-state index is 14.2. The lowest BCUT2D eigenvalue weighted by Gasteiger charge is -2.72. The molecule has 4 saturated heterocycles. The third-order valence-electron chi connectivity index (χ3n) is 22.6. The van der Waals surface area contributed by atoms with E-state index in [4.69, 9.17) is 47.4 Å². The van der Waals surface area contributed by atoms with E-state index < -0.39 is 223 Å². The van der Waals surface area contributed by atoms with Crippen LogP contribution in [-0.2, 0) is 66.5 Å². The molecule has 5 aliphatic carbocycles. The Hall–Kier alpha value is -3.28. The molecule has 0 aromatic carbocycles. The molecule has 88 heavy (non-hydrogen) atoms. The number of aliphatic carboxylic acids is 1. The van der Waals surface area contributed by atoms with Crippen molar-refractivity contribution >= 4 is 24.2 Å². The summed E-state index contributed by atoms with van der Waals surface area (Å²) in [5, 5.41) is 155. The first-order valence-electron chi connectivity index (χ1n) is 30.4. The van der Waals surface area contributed by atoms with Gasteiger partial charge in [0, 0.05) is 17.9 Å². The summed E-state index contributed by atoms with van der Waals surface area (Å²) in [7, 11) is 0. The SMILES string of the molecule is C/C=C(/C)C(=O)O[C@H]1[C@H](O)[C@@]2(COC(C)=O)C(CC1(C)C)C1=CCC3[C@@]4(C)CC[C@H](O[C@@H]5O[C@H](C(=O)O)[C@@H](O)[C@H](O[C@@H]6OC[C@H](O)[C@H](O)[C@H]6O[C@@H]6O[C@H](CO)[C@@H](O)[C@H](O)[C@H]6O)[C@H]5O[C@@H]5O[C@H](CO)[C@H](O)[C@H](O)[C@H]5O)C(C)(C=O)C4CC[C@@]3(C)[C@]1(C)C[C@H]2O. The molecular weight excluding hydrogens is 1170 g/mol. The molecule has 500 valence electrons. The number of aldehydes is 1. The molecule has 4 aliphatic heterocycles. The van der Waals surface area contributed by atoms with Gasteiger partial charge in [0.05, 0.1) is 42.9 Å². The third kappa shape index (κ3) is 11.3. The van der Waals surface area contributed by atoms with Crippen molar-refractivity contribution in [2.75, 3.05) is 26.4 Å². The van der Waals surface area contributed by atoms with Gasteiger partial charge in [0.2, 0.25) is 0 Å². The number of carbonyl (C=O) groups is 4. The highest BCUT2D eigenvalue weighted by molar-refractivity contribution is 5.87. The van der Waals surface area contributed by atoms with Crippen LogP contribution in [0.4, 0.5) is 0 Å². The van der Waals surface area contributed by atoms with Gasteiger partial charge in [0.15, 0.2) is 31.3 Å². The van der Waals surface area contributed by atoms with Gasteiger partial charge in [0.25, 0.3) is 0 Å². The van der Waals surface area contributed by atoms with Gasteiger partial charge in [-0.15, -0.1) is 0 Å². The highest BCUT2D eigenvalue weighted by Crippen LogP contribution is 2.76. The molecule has 31 atom stereocenters. The van der Waals surface area contributed by atoms with Gasteiger partial charge < -0.3 is 124 Å². The topological polar surface area (TPSA) is 444 Å². The number of carboxylic acids is 1. The van der Waals surface area contributed by atoms with Gasteiger partial charge in [-0.05, 0) is 92.8 Å². The zero-order chi connectivity index (χ0) is 64.9. The van der Waals surface area contributed by atoms with Crippen molar-refractivity contribution in [2.24, 2.45) is 50.2 Å². The Morgan fingerprint density at radius 3 is 1.82 bits per heavy atom. The normalized spacial score (nSPS) is 51.1. The van der Waals surface area contributed by atoms with Crippen LogP contribution in [0.2, 0.25) is 0 Å². The van der Waals surface area contributed by atoms with Crippen molar-refractivity contribution in [1.82, 2.24) is 0 Å².